The van der Waals surface area contributed by atoms with E-state index in [1.54, 1.807) is 24.8 Å². The Morgan fingerprint density at radius 3 is 2.41 bits per heavy atom. The average molecular weight is 466 g/mol. The molecular weight excluding hydrogens is 440 g/mol. The second-order valence-corrected chi connectivity index (χ2v) is 8.57. The Labute approximate surface area is 196 Å². The van der Waals surface area contributed by atoms with Crippen molar-refractivity contribution in [2.24, 2.45) is 0 Å². The molecule has 2 aromatic rings. The molecule has 0 bridgehead atoms. The Kier molecular flexibility index (Phi) is 7.09. The molecule has 0 atom stereocenters. The van der Waals surface area contributed by atoms with E-state index in [-0.39, 0.29) is 28.5 Å². The van der Waals surface area contributed by atoms with E-state index in [1.165, 1.54) is 36.4 Å². The lowest BCUT2D eigenvalue weighted by molar-refractivity contribution is -0.385. The standard InChI is InChI=1S/C24H26N4O6/c1-4-5-8-13-26-20-15-21(28(33)34)18(14-17(20)24(2,3)23(26)30)25-22(29)12-11-16-9-6-7-10-19(16)27(31)32/h6-7,9-12,14-15H,4-5,8,13H2,1-3H3,(H,25,29). The van der Waals surface area contributed by atoms with Crippen LogP contribution in [0.1, 0.15) is 51.2 Å². The van der Waals surface area contributed by atoms with E-state index >= 15 is 0 Å². The summed E-state index contributed by atoms with van der Waals surface area (Å²) in [4.78, 5) is 48.9. The fraction of sp³-hybridized carbons (Fsp3) is 0.333. The number of nitrogens with zero attached hydrogens (tertiary/aromatic N) is 3. The topological polar surface area (TPSA) is 136 Å². The minimum Gasteiger partial charge on any atom is -0.317 e. The van der Waals surface area contributed by atoms with E-state index in [2.05, 4.69) is 5.32 Å². The fourth-order valence-corrected chi connectivity index (χ4v) is 3.99. The molecule has 2 amide bonds. The summed E-state index contributed by atoms with van der Waals surface area (Å²) in [6.07, 6.45) is 5.04. The van der Waals surface area contributed by atoms with Crippen LogP contribution in [0.4, 0.5) is 22.7 Å². The van der Waals surface area contributed by atoms with Crippen LogP contribution in [0.5, 0.6) is 0 Å². The molecule has 0 unspecified atom stereocenters. The van der Waals surface area contributed by atoms with Crippen molar-refractivity contribution in [2.45, 2.75) is 45.4 Å². The van der Waals surface area contributed by atoms with Crippen LogP contribution >= 0.6 is 0 Å². The first-order valence-corrected chi connectivity index (χ1v) is 10.9. The molecule has 178 valence electrons. The Bertz CT molecular complexity index is 1190. The molecule has 1 heterocycles. The fourth-order valence-electron chi connectivity index (χ4n) is 3.99. The summed E-state index contributed by atoms with van der Waals surface area (Å²) in [6, 6.07) is 8.71. The van der Waals surface area contributed by atoms with Crippen molar-refractivity contribution >= 4 is 40.6 Å². The molecule has 0 fully saturated rings. The van der Waals surface area contributed by atoms with Crippen LogP contribution in [0.15, 0.2) is 42.5 Å². The highest BCUT2D eigenvalue weighted by atomic mass is 16.6. The lowest BCUT2D eigenvalue weighted by Gasteiger charge is -2.20. The van der Waals surface area contributed by atoms with Gasteiger partial charge in [-0.25, -0.2) is 0 Å². The van der Waals surface area contributed by atoms with Crippen LogP contribution < -0.4 is 10.2 Å². The molecular formula is C24H26N4O6. The van der Waals surface area contributed by atoms with Crippen LogP contribution in [0.3, 0.4) is 0 Å². The Morgan fingerprint density at radius 1 is 1.09 bits per heavy atom. The van der Waals surface area contributed by atoms with Crippen LogP contribution in [0.2, 0.25) is 0 Å². The van der Waals surface area contributed by atoms with E-state index in [1.807, 2.05) is 6.92 Å². The molecule has 3 rings (SSSR count). The highest BCUT2D eigenvalue weighted by Gasteiger charge is 2.45. The van der Waals surface area contributed by atoms with Gasteiger partial charge < -0.3 is 10.2 Å². The molecule has 0 aromatic heterocycles. The van der Waals surface area contributed by atoms with Crippen LogP contribution in [0, 0.1) is 20.2 Å². The summed E-state index contributed by atoms with van der Waals surface area (Å²) in [5.41, 5.74) is -0.159. The number of hydrogen-bond donors (Lipinski definition) is 1. The van der Waals surface area contributed by atoms with E-state index in [0.717, 1.165) is 25.3 Å². The molecule has 2 aromatic carbocycles. The highest BCUT2D eigenvalue weighted by Crippen LogP contribution is 2.46. The minimum atomic E-state index is -0.906. The van der Waals surface area contributed by atoms with Gasteiger partial charge in [0, 0.05) is 24.8 Å². The van der Waals surface area contributed by atoms with Gasteiger partial charge in [0.05, 0.1) is 26.5 Å². The van der Waals surface area contributed by atoms with Gasteiger partial charge in [0.1, 0.15) is 5.69 Å². The number of benzene rings is 2. The van der Waals surface area contributed by atoms with Gasteiger partial charge in [0.15, 0.2) is 0 Å². The van der Waals surface area contributed by atoms with Crippen LogP contribution in [-0.2, 0) is 15.0 Å². The lowest BCUT2D eigenvalue weighted by Crippen LogP contribution is -2.36. The number of anilines is 2. The molecule has 0 radical (unpaired) electrons. The zero-order valence-corrected chi connectivity index (χ0v) is 19.2. The average Bonchev–Trinajstić information content (AvgIpc) is 2.97. The summed E-state index contributed by atoms with van der Waals surface area (Å²) in [7, 11) is 0. The second kappa shape index (κ2) is 9.82. The zero-order chi connectivity index (χ0) is 25.0. The molecule has 1 N–H and O–H groups in total. The molecule has 34 heavy (non-hydrogen) atoms. The quantitative estimate of drug-likeness (QED) is 0.240. The van der Waals surface area contributed by atoms with Crippen molar-refractivity contribution in [3.8, 4) is 0 Å². The normalized spacial score (nSPS) is 14.3. The van der Waals surface area contributed by atoms with Gasteiger partial charge in [-0.15, -0.1) is 0 Å². The van der Waals surface area contributed by atoms with Gasteiger partial charge >= 0.3 is 0 Å². The minimum absolute atomic E-state index is 0.0442. The summed E-state index contributed by atoms with van der Waals surface area (Å²) in [5, 5.41) is 25.4. The van der Waals surface area contributed by atoms with Gasteiger partial charge in [-0.2, -0.15) is 0 Å². The van der Waals surface area contributed by atoms with Crippen molar-refractivity contribution in [3.63, 3.8) is 0 Å². The number of para-hydroxylation sites is 1. The predicted molar refractivity (Wildman–Crippen MR) is 129 cm³/mol. The number of nitro groups is 2. The van der Waals surface area contributed by atoms with E-state index < -0.39 is 21.2 Å². The first-order valence-electron chi connectivity index (χ1n) is 10.9. The molecule has 10 heteroatoms. The second-order valence-electron chi connectivity index (χ2n) is 8.57. The van der Waals surface area contributed by atoms with Gasteiger partial charge in [-0.05, 0) is 44.0 Å². The molecule has 10 nitrogen and oxygen atoms in total. The van der Waals surface area contributed by atoms with Gasteiger partial charge in [-0.3, -0.25) is 29.8 Å². The van der Waals surface area contributed by atoms with E-state index in [4.69, 9.17) is 0 Å². The van der Waals surface area contributed by atoms with Gasteiger partial charge in [0.25, 0.3) is 11.4 Å². The molecule has 1 aliphatic heterocycles. The summed E-state index contributed by atoms with van der Waals surface area (Å²) >= 11 is 0. The van der Waals surface area contributed by atoms with Crippen LogP contribution in [0.25, 0.3) is 6.08 Å². The Balaban J connectivity index is 1.93. The number of fused-ring (bicyclic) bond motifs is 1. The monoisotopic (exact) mass is 466 g/mol. The number of nitro benzene ring substituents is 2. The predicted octanol–water partition coefficient (Wildman–Crippen LogP) is 4.97. The molecule has 0 aliphatic carbocycles. The number of hydrogen-bond acceptors (Lipinski definition) is 6. The maximum Gasteiger partial charge on any atom is 0.294 e. The third-order valence-electron chi connectivity index (χ3n) is 5.85. The van der Waals surface area contributed by atoms with Crippen molar-refractivity contribution in [3.05, 3.63) is 73.8 Å². The molecule has 0 saturated heterocycles. The van der Waals surface area contributed by atoms with Crippen molar-refractivity contribution in [2.75, 3.05) is 16.8 Å². The van der Waals surface area contributed by atoms with Gasteiger partial charge in [-0.1, -0.05) is 31.9 Å². The van der Waals surface area contributed by atoms with E-state index in [0.29, 0.717) is 17.8 Å². The number of amides is 2. The third-order valence-corrected chi connectivity index (χ3v) is 5.85. The highest BCUT2D eigenvalue weighted by molar-refractivity contribution is 6.10. The van der Waals surface area contributed by atoms with Gasteiger partial charge in [0.2, 0.25) is 11.8 Å². The first kappa shape index (κ1) is 24.6. The number of carbonyl (C=O) groups excluding carboxylic acids is 2. The molecule has 0 saturated carbocycles. The molecule has 0 spiro atoms. The Hall–Kier alpha value is -4.08. The number of nitrogens with one attached hydrogen (secondary N) is 1. The summed E-state index contributed by atoms with van der Waals surface area (Å²) in [5.74, 6) is -0.837. The van der Waals surface area contributed by atoms with Crippen molar-refractivity contribution < 1.29 is 19.4 Å². The smallest absolute Gasteiger partial charge is 0.294 e. The molecule has 1 aliphatic rings. The largest absolute Gasteiger partial charge is 0.317 e. The number of unbranched alkanes of at least 4 members (excludes halogenated alkanes) is 2. The Morgan fingerprint density at radius 2 is 1.76 bits per heavy atom. The van der Waals surface area contributed by atoms with Crippen molar-refractivity contribution in [1.29, 1.82) is 0 Å². The van der Waals surface area contributed by atoms with Crippen molar-refractivity contribution in [1.82, 2.24) is 0 Å². The third kappa shape index (κ3) is 4.80. The van der Waals surface area contributed by atoms with Crippen LogP contribution in [-0.4, -0.2) is 28.2 Å². The number of rotatable bonds is 9. The SMILES string of the molecule is CCCCCN1C(=O)C(C)(C)c2cc(NC(=O)C=Cc3ccccc3[N+](=O)[O-])c([N+](=O)[O-])cc21. The maximum atomic E-state index is 13.0. The summed E-state index contributed by atoms with van der Waals surface area (Å²) < 4.78 is 0. The summed E-state index contributed by atoms with van der Waals surface area (Å²) in [6.45, 7) is 6.01. The van der Waals surface area contributed by atoms with E-state index in [9.17, 15) is 29.8 Å². The number of carbonyl (C=O) groups is 2. The maximum absolute atomic E-state index is 13.0. The lowest BCUT2D eigenvalue weighted by atomic mass is 9.85. The first-order chi connectivity index (χ1) is 16.1. The zero-order valence-electron chi connectivity index (χ0n) is 19.2.